The number of nitrogens with one attached hydrogen (secondary N) is 2. The van der Waals surface area contributed by atoms with E-state index in [4.69, 9.17) is 0 Å². The van der Waals surface area contributed by atoms with Crippen LogP contribution in [0.4, 0.5) is 5.69 Å². The highest BCUT2D eigenvalue weighted by molar-refractivity contribution is 7.89. The van der Waals surface area contributed by atoms with Gasteiger partial charge in [0.2, 0.25) is 15.9 Å². The zero-order valence-corrected chi connectivity index (χ0v) is 14.9. The second-order valence-electron chi connectivity index (χ2n) is 6.48. The Balaban J connectivity index is 2.05. The predicted molar refractivity (Wildman–Crippen MR) is 95.4 cm³/mol. The number of sulfonamides is 1. The summed E-state index contributed by atoms with van der Waals surface area (Å²) in [5.41, 5.74) is 1.55. The lowest BCUT2D eigenvalue weighted by molar-refractivity contribution is -0.115. The van der Waals surface area contributed by atoms with E-state index >= 15 is 0 Å². The third-order valence-electron chi connectivity index (χ3n) is 3.49. The standard InChI is InChI=1S/C18H22N2O3S/c1-18(2,3)15-11-7-8-12-16(15)20-17(21)13-19-24(22,23)14-9-5-4-6-10-14/h4-12,19H,13H2,1-3H3,(H,20,21). The lowest BCUT2D eigenvalue weighted by Crippen LogP contribution is -2.33. The van der Waals surface area contributed by atoms with E-state index in [1.54, 1.807) is 18.2 Å². The molecule has 2 aromatic rings. The Morgan fingerprint density at radius 1 is 0.958 bits per heavy atom. The van der Waals surface area contributed by atoms with E-state index in [9.17, 15) is 13.2 Å². The smallest absolute Gasteiger partial charge is 0.241 e. The van der Waals surface area contributed by atoms with Gasteiger partial charge >= 0.3 is 0 Å². The lowest BCUT2D eigenvalue weighted by Gasteiger charge is -2.23. The molecule has 0 aliphatic rings. The zero-order valence-electron chi connectivity index (χ0n) is 14.0. The molecule has 0 atom stereocenters. The fourth-order valence-electron chi connectivity index (χ4n) is 2.28. The number of hydrogen-bond donors (Lipinski definition) is 2. The van der Waals surface area contributed by atoms with Crippen LogP contribution in [-0.2, 0) is 20.2 Å². The Kier molecular flexibility index (Phi) is 5.41. The third-order valence-corrected chi connectivity index (χ3v) is 4.90. The number of anilines is 1. The third kappa shape index (κ3) is 4.66. The number of carbonyl (C=O) groups excluding carboxylic acids is 1. The fourth-order valence-corrected chi connectivity index (χ4v) is 3.29. The molecule has 0 saturated heterocycles. The summed E-state index contributed by atoms with van der Waals surface area (Å²) in [4.78, 5) is 12.3. The van der Waals surface area contributed by atoms with Gasteiger partial charge in [0, 0.05) is 5.69 Å². The van der Waals surface area contributed by atoms with Crippen molar-refractivity contribution in [3.05, 3.63) is 60.2 Å². The van der Waals surface area contributed by atoms with Gasteiger partial charge in [-0.15, -0.1) is 0 Å². The first-order chi connectivity index (χ1) is 11.2. The summed E-state index contributed by atoms with van der Waals surface area (Å²) in [5.74, 6) is -0.411. The highest BCUT2D eigenvalue weighted by Crippen LogP contribution is 2.29. The van der Waals surface area contributed by atoms with Crippen molar-refractivity contribution in [2.24, 2.45) is 0 Å². The molecule has 0 aromatic heterocycles. The fraction of sp³-hybridized carbons (Fsp3) is 0.278. The van der Waals surface area contributed by atoms with E-state index in [2.05, 4.69) is 30.8 Å². The van der Waals surface area contributed by atoms with Crippen molar-refractivity contribution < 1.29 is 13.2 Å². The molecule has 0 fully saturated rings. The average Bonchev–Trinajstić information content (AvgIpc) is 2.53. The molecule has 5 nitrogen and oxygen atoms in total. The van der Waals surface area contributed by atoms with Gasteiger partial charge in [0.15, 0.2) is 0 Å². The van der Waals surface area contributed by atoms with Crippen LogP contribution in [0.2, 0.25) is 0 Å². The molecule has 0 aliphatic carbocycles. The van der Waals surface area contributed by atoms with Crippen LogP contribution in [-0.4, -0.2) is 20.9 Å². The molecule has 2 N–H and O–H groups in total. The number of amides is 1. The van der Waals surface area contributed by atoms with Crippen molar-refractivity contribution in [1.82, 2.24) is 4.72 Å². The summed E-state index contributed by atoms with van der Waals surface area (Å²) in [6.45, 7) is 5.83. The molecule has 1 amide bonds. The summed E-state index contributed by atoms with van der Waals surface area (Å²) in [5, 5.41) is 2.78. The maximum absolute atomic E-state index is 12.1. The number of carbonyl (C=O) groups is 1. The van der Waals surface area contributed by atoms with Crippen molar-refractivity contribution >= 4 is 21.6 Å². The minimum absolute atomic E-state index is 0.132. The van der Waals surface area contributed by atoms with Gasteiger partial charge in [-0.1, -0.05) is 57.2 Å². The van der Waals surface area contributed by atoms with Gasteiger partial charge in [-0.3, -0.25) is 4.79 Å². The van der Waals surface area contributed by atoms with Crippen molar-refractivity contribution in [1.29, 1.82) is 0 Å². The lowest BCUT2D eigenvalue weighted by atomic mass is 9.86. The molecule has 128 valence electrons. The van der Waals surface area contributed by atoms with Crippen LogP contribution in [0, 0.1) is 0 Å². The van der Waals surface area contributed by atoms with Crippen LogP contribution in [0.25, 0.3) is 0 Å². The first kappa shape index (κ1) is 18.2. The molecule has 0 aliphatic heterocycles. The van der Waals surface area contributed by atoms with Crippen LogP contribution in [0.15, 0.2) is 59.5 Å². The molecule has 0 unspecified atom stereocenters. The highest BCUT2D eigenvalue weighted by Gasteiger charge is 2.19. The Morgan fingerprint density at radius 3 is 2.17 bits per heavy atom. The molecule has 0 radical (unpaired) electrons. The SMILES string of the molecule is CC(C)(C)c1ccccc1NC(=O)CNS(=O)(=O)c1ccccc1. The first-order valence-electron chi connectivity index (χ1n) is 7.64. The minimum atomic E-state index is -3.70. The maximum Gasteiger partial charge on any atom is 0.241 e. The van der Waals surface area contributed by atoms with Crippen molar-refractivity contribution in [3.8, 4) is 0 Å². The normalized spacial score (nSPS) is 12.0. The number of rotatable bonds is 5. The van der Waals surface area contributed by atoms with Crippen LogP contribution in [0.3, 0.4) is 0 Å². The Labute approximate surface area is 143 Å². The van der Waals surface area contributed by atoms with Crippen LogP contribution < -0.4 is 10.0 Å². The van der Waals surface area contributed by atoms with E-state index in [0.29, 0.717) is 5.69 Å². The molecular formula is C18H22N2O3S. The summed E-state index contributed by atoms with van der Waals surface area (Å²) < 4.78 is 26.6. The van der Waals surface area contributed by atoms with Gasteiger partial charge in [0.25, 0.3) is 0 Å². The summed E-state index contributed by atoms with van der Waals surface area (Å²) in [6, 6.07) is 15.5. The molecule has 0 saturated carbocycles. The monoisotopic (exact) mass is 346 g/mol. The van der Waals surface area contributed by atoms with Gasteiger partial charge in [-0.25, -0.2) is 13.1 Å². The Morgan fingerprint density at radius 2 is 1.54 bits per heavy atom. The summed E-state index contributed by atoms with van der Waals surface area (Å²) >= 11 is 0. The number of hydrogen-bond acceptors (Lipinski definition) is 3. The highest BCUT2D eigenvalue weighted by atomic mass is 32.2. The van der Waals surface area contributed by atoms with E-state index in [-0.39, 0.29) is 16.9 Å². The Hall–Kier alpha value is -2.18. The average molecular weight is 346 g/mol. The zero-order chi connectivity index (χ0) is 17.8. The van der Waals surface area contributed by atoms with Gasteiger partial charge in [-0.05, 0) is 29.2 Å². The van der Waals surface area contributed by atoms with Gasteiger partial charge in [-0.2, -0.15) is 0 Å². The summed E-state index contributed by atoms with van der Waals surface area (Å²) in [7, 11) is -3.70. The molecular weight excluding hydrogens is 324 g/mol. The maximum atomic E-state index is 12.1. The minimum Gasteiger partial charge on any atom is -0.325 e. The second kappa shape index (κ2) is 7.15. The number of para-hydroxylation sites is 1. The second-order valence-corrected chi connectivity index (χ2v) is 8.25. The van der Waals surface area contributed by atoms with Gasteiger partial charge in [0.05, 0.1) is 11.4 Å². The van der Waals surface area contributed by atoms with Crippen molar-refractivity contribution in [3.63, 3.8) is 0 Å². The van der Waals surface area contributed by atoms with E-state index in [1.807, 2.05) is 24.3 Å². The summed E-state index contributed by atoms with van der Waals surface area (Å²) in [6.07, 6.45) is 0. The largest absolute Gasteiger partial charge is 0.325 e. The first-order valence-corrected chi connectivity index (χ1v) is 9.12. The number of benzene rings is 2. The van der Waals surface area contributed by atoms with Gasteiger partial charge < -0.3 is 5.32 Å². The molecule has 24 heavy (non-hydrogen) atoms. The van der Waals surface area contributed by atoms with Crippen molar-refractivity contribution in [2.45, 2.75) is 31.1 Å². The van der Waals surface area contributed by atoms with E-state index < -0.39 is 15.9 Å². The molecule has 0 bridgehead atoms. The van der Waals surface area contributed by atoms with Crippen LogP contribution in [0.5, 0.6) is 0 Å². The predicted octanol–water partition coefficient (Wildman–Crippen LogP) is 2.90. The topological polar surface area (TPSA) is 75.3 Å². The molecule has 2 rings (SSSR count). The van der Waals surface area contributed by atoms with Gasteiger partial charge in [0.1, 0.15) is 0 Å². The van der Waals surface area contributed by atoms with E-state index in [1.165, 1.54) is 12.1 Å². The molecule has 2 aromatic carbocycles. The molecule has 6 heteroatoms. The van der Waals surface area contributed by atoms with Crippen LogP contribution >= 0.6 is 0 Å². The molecule has 0 spiro atoms. The van der Waals surface area contributed by atoms with Crippen LogP contribution in [0.1, 0.15) is 26.3 Å². The quantitative estimate of drug-likeness (QED) is 0.874. The van der Waals surface area contributed by atoms with Crippen molar-refractivity contribution in [2.75, 3.05) is 11.9 Å². The van der Waals surface area contributed by atoms with E-state index in [0.717, 1.165) is 5.56 Å². The Bertz CT molecular complexity index is 810. The molecule has 0 heterocycles.